The summed E-state index contributed by atoms with van der Waals surface area (Å²) >= 11 is 0. The topological polar surface area (TPSA) is 33.5 Å². The standard InChI is InChI=1S/C22H21F2NO2/c1-13(14-6-7-19(23)20(24)9-14)25(2)22(26)11-17-12-27-21-10-16-5-3-4-15(16)8-18(17)21/h6-10,12-13H,3-5,11H2,1-2H3. The Balaban J connectivity index is 1.54. The zero-order valence-electron chi connectivity index (χ0n) is 15.4. The van der Waals surface area contributed by atoms with Crippen molar-refractivity contribution in [1.29, 1.82) is 0 Å². The van der Waals surface area contributed by atoms with E-state index in [1.54, 1.807) is 25.1 Å². The molecule has 1 unspecified atom stereocenters. The van der Waals surface area contributed by atoms with Crippen LogP contribution in [-0.4, -0.2) is 17.9 Å². The average molecular weight is 369 g/mol. The molecule has 1 amide bonds. The number of benzene rings is 2. The second-order valence-electron chi connectivity index (χ2n) is 7.26. The van der Waals surface area contributed by atoms with Crippen molar-refractivity contribution in [2.45, 2.75) is 38.6 Å². The minimum Gasteiger partial charge on any atom is -0.464 e. The van der Waals surface area contributed by atoms with E-state index in [2.05, 4.69) is 12.1 Å². The van der Waals surface area contributed by atoms with Gasteiger partial charge in [-0.15, -0.1) is 0 Å². The van der Waals surface area contributed by atoms with E-state index in [1.807, 2.05) is 0 Å². The van der Waals surface area contributed by atoms with Crippen LogP contribution in [0.25, 0.3) is 11.0 Å². The lowest BCUT2D eigenvalue weighted by molar-refractivity contribution is -0.131. The van der Waals surface area contributed by atoms with Crippen LogP contribution in [0.3, 0.4) is 0 Å². The summed E-state index contributed by atoms with van der Waals surface area (Å²) in [5.41, 5.74) is 4.89. The number of nitrogens with zero attached hydrogens (tertiary/aromatic N) is 1. The Morgan fingerprint density at radius 1 is 1.15 bits per heavy atom. The van der Waals surface area contributed by atoms with Gasteiger partial charge in [0.1, 0.15) is 5.58 Å². The molecule has 0 N–H and O–H groups in total. The highest BCUT2D eigenvalue weighted by Gasteiger charge is 2.21. The van der Waals surface area contributed by atoms with Gasteiger partial charge in [-0.2, -0.15) is 0 Å². The Kier molecular flexibility index (Phi) is 4.46. The van der Waals surface area contributed by atoms with Crippen molar-refractivity contribution in [3.05, 3.63) is 70.5 Å². The number of carbonyl (C=O) groups excluding carboxylic acids is 1. The second kappa shape index (κ2) is 6.80. The molecule has 4 rings (SSSR count). The van der Waals surface area contributed by atoms with E-state index in [1.165, 1.54) is 17.2 Å². The smallest absolute Gasteiger partial charge is 0.227 e. The number of carbonyl (C=O) groups is 1. The van der Waals surface area contributed by atoms with Crippen LogP contribution in [0.5, 0.6) is 0 Å². The van der Waals surface area contributed by atoms with Crippen molar-refractivity contribution in [2.24, 2.45) is 0 Å². The Labute approximate surface area is 156 Å². The molecule has 0 spiro atoms. The van der Waals surface area contributed by atoms with Crippen LogP contribution in [0.2, 0.25) is 0 Å². The summed E-state index contributed by atoms with van der Waals surface area (Å²) in [5, 5.41) is 0.984. The first-order valence-corrected chi connectivity index (χ1v) is 9.16. The largest absolute Gasteiger partial charge is 0.464 e. The summed E-state index contributed by atoms with van der Waals surface area (Å²) in [6, 6.07) is 7.59. The van der Waals surface area contributed by atoms with Crippen molar-refractivity contribution in [2.75, 3.05) is 7.05 Å². The van der Waals surface area contributed by atoms with E-state index in [-0.39, 0.29) is 18.4 Å². The van der Waals surface area contributed by atoms with Gasteiger partial charge in [-0.25, -0.2) is 8.78 Å². The lowest BCUT2D eigenvalue weighted by atomic mass is 10.0. The molecule has 3 aromatic rings. The number of amides is 1. The third-order valence-electron chi connectivity index (χ3n) is 5.61. The van der Waals surface area contributed by atoms with E-state index < -0.39 is 11.6 Å². The van der Waals surface area contributed by atoms with Gasteiger partial charge in [-0.05, 0) is 67.1 Å². The first-order valence-electron chi connectivity index (χ1n) is 9.16. The molecule has 1 aromatic heterocycles. The number of fused-ring (bicyclic) bond motifs is 2. The number of furan rings is 1. The third-order valence-corrected chi connectivity index (χ3v) is 5.61. The fourth-order valence-corrected chi connectivity index (χ4v) is 3.78. The molecule has 1 heterocycles. The molecule has 0 radical (unpaired) electrons. The molecule has 5 heteroatoms. The Bertz CT molecular complexity index is 1020. The summed E-state index contributed by atoms with van der Waals surface area (Å²) in [6.07, 6.45) is 5.15. The van der Waals surface area contributed by atoms with Gasteiger partial charge in [0, 0.05) is 18.0 Å². The molecular formula is C22H21F2NO2. The Morgan fingerprint density at radius 2 is 1.89 bits per heavy atom. The number of hydrogen-bond acceptors (Lipinski definition) is 2. The number of hydrogen-bond donors (Lipinski definition) is 0. The predicted molar refractivity (Wildman–Crippen MR) is 99.5 cm³/mol. The summed E-state index contributed by atoms with van der Waals surface area (Å²) in [7, 11) is 1.67. The van der Waals surface area contributed by atoms with Gasteiger partial charge in [0.2, 0.25) is 5.91 Å². The van der Waals surface area contributed by atoms with Crippen molar-refractivity contribution in [3.8, 4) is 0 Å². The van der Waals surface area contributed by atoms with Crippen LogP contribution in [0, 0.1) is 11.6 Å². The number of aryl methyl sites for hydroxylation is 2. The van der Waals surface area contributed by atoms with Crippen molar-refractivity contribution in [1.82, 2.24) is 4.90 Å². The quantitative estimate of drug-likeness (QED) is 0.651. The maximum Gasteiger partial charge on any atom is 0.227 e. The number of halogens is 2. The highest BCUT2D eigenvalue weighted by atomic mass is 19.2. The first kappa shape index (κ1) is 17.7. The third kappa shape index (κ3) is 3.22. The van der Waals surface area contributed by atoms with Gasteiger partial charge in [-0.1, -0.05) is 6.07 Å². The van der Waals surface area contributed by atoms with Gasteiger partial charge in [0.15, 0.2) is 11.6 Å². The van der Waals surface area contributed by atoms with E-state index >= 15 is 0 Å². The zero-order chi connectivity index (χ0) is 19.1. The summed E-state index contributed by atoms with van der Waals surface area (Å²) in [5.74, 6) is -1.90. The maximum atomic E-state index is 13.5. The monoisotopic (exact) mass is 369 g/mol. The van der Waals surface area contributed by atoms with Gasteiger partial charge in [-0.3, -0.25) is 4.79 Å². The SMILES string of the molecule is CC(c1ccc(F)c(F)c1)N(C)C(=O)Cc1coc2cc3c(cc12)CCC3. The lowest BCUT2D eigenvalue weighted by Gasteiger charge is -2.25. The first-order chi connectivity index (χ1) is 12.9. The molecule has 3 nitrogen and oxygen atoms in total. The van der Waals surface area contributed by atoms with Crippen molar-refractivity contribution < 1.29 is 18.0 Å². The zero-order valence-corrected chi connectivity index (χ0v) is 15.4. The Morgan fingerprint density at radius 3 is 2.63 bits per heavy atom. The minimum absolute atomic E-state index is 0.101. The highest BCUT2D eigenvalue weighted by molar-refractivity contribution is 5.88. The summed E-state index contributed by atoms with van der Waals surface area (Å²) < 4.78 is 32.3. The fraction of sp³-hybridized carbons (Fsp3) is 0.318. The van der Waals surface area contributed by atoms with Crippen LogP contribution in [0.4, 0.5) is 8.78 Å². The molecule has 0 bridgehead atoms. The molecule has 1 atom stereocenters. The van der Waals surface area contributed by atoms with E-state index in [0.29, 0.717) is 5.56 Å². The van der Waals surface area contributed by atoms with Gasteiger partial charge in [0.05, 0.1) is 18.7 Å². The Hall–Kier alpha value is -2.69. The van der Waals surface area contributed by atoms with E-state index in [9.17, 15) is 13.6 Å². The van der Waals surface area contributed by atoms with Gasteiger partial charge in [0.25, 0.3) is 0 Å². The molecule has 2 aromatic carbocycles. The fourth-order valence-electron chi connectivity index (χ4n) is 3.78. The second-order valence-corrected chi connectivity index (χ2v) is 7.26. The molecule has 0 aliphatic heterocycles. The van der Waals surface area contributed by atoms with E-state index in [4.69, 9.17) is 4.42 Å². The average Bonchev–Trinajstić information content (AvgIpc) is 3.27. The predicted octanol–water partition coefficient (Wildman–Crippen LogP) is 4.96. The normalized spacial score (nSPS) is 14.4. The van der Waals surface area contributed by atoms with Crippen LogP contribution in [0.15, 0.2) is 41.0 Å². The molecule has 0 saturated carbocycles. The van der Waals surface area contributed by atoms with Crippen LogP contribution in [0.1, 0.15) is 41.6 Å². The molecule has 27 heavy (non-hydrogen) atoms. The van der Waals surface area contributed by atoms with Crippen LogP contribution in [-0.2, 0) is 24.1 Å². The number of likely N-dealkylation sites (N-methyl/N-ethyl adjacent to an activating group) is 1. The molecule has 0 saturated heterocycles. The lowest BCUT2D eigenvalue weighted by Crippen LogP contribution is -2.31. The number of rotatable bonds is 4. The van der Waals surface area contributed by atoms with E-state index in [0.717, 1.165) is 47.9 Å². The molecule has 0 fully saturated rings. The minimum atomic E-state index is -0.908. The van der Waals surface area contributed by atoms with Crippen molar-refractivity contribution in [3.63, 3.8) is 0 Å². The van der Waals surface area contributed by atoms with Crippen LogP contribution < -0.4 is 0 Å². The highest BCUT2D eigenvalue weighted by Crippen LogP contribution is 2.31. The summed E-state index contributed by atoms with van der Waals surface area (Å²) in [4.78, 5) is 14.3. The molecular weight excluding hydrogens is 348 g/mol. The van der Waals surface area contributed by atoms with Crippen molar-refractivity contribution >= 4 is 16.9 Å². The molecule has 1 aliphatic rings. The summed E-state index contributed by atoms with van der Waals surface area (Å²) in [6.45, 7) is 1.80. The van der Waals surface area contributed by atoms with Gasteiger partial charge >= 0.3 is 0 Å². The van der Waals surface area contributed by atoms with Gasteiger partial charge < -0.3 is 9.32 Å². The van der Waals surface area contributed by atoms with Crippen LogP contribution >= 0.6 is 0 Å². The maximum absolute atomic E-state index is 13.5. The molecule has 1 aliphatic carbocycles. The molecule has 140 valence electrons.